The molecule has 6 heteroatoms. The summed E-state index contributed by atoms with van der Waals surface area (Å²) in [6.07, 6.45) is 0. The molecule has 1 aromatic heterocycles. The number of carbonyl (C=O) groups excluding carboxylic acids is 1. The third kappa shape index (κ3) is 4.26. The van der Waals surface area contributed by atoms with Crippen molar-refractivity contribution in [3.05, 3.63) is 76.2 Å². The van der Waals surface area contributed by atoms with Crippen LogP contribution in [0.15, 0.2) is 59.4 Å². The highest BCUT2D eigenvalue weighted by molar-refractivity contribution is 5.96. The van der Waals surface area contributed by atoms with Gasteiger partial charge in [-0.25, -0.2) is 4.68 Å². The van der Waals surface area contributed by atoms with Crippen LogP contribution >= 0.6 is 0 Å². The summed E-state index contributed by atoms with van der Waals surface area (Å²) in [6.45, 7) is 7.88. The van der Waals surface area contributed by atoms with E-state index in [0.29, 0.717) is 17.3 Å². The van der Waals surface area contributed by atoms with Crippen LogP contribution in [-0.4, -0.2) is 21.3 Å². The quantitative estimate of drug-likeness (QED) is 0.665. The highest BCUT2D eigenvalue weighted by Crippen LogP contribution is 2.18. The summed E-state index contributed by atoms with van der Waals surface area (Å²) in [5.74, 6) is 0.196. The van der Waals surface area contributed by atoms with Crippen molar-refractivity contribution >= 4 is 17.3 Å². The van der Waals surface area contributed by atoms with E-state index in [0.717, 1.165) is 11.4 Å². The van der Waals surface area contributed by atoms with Gasteiger partial charge in [-0.3, -0.25) is 14.3 Å². The smallest absolute Gasteiger partial charge is 0.295 e. The van der Waals surface area contributed by atoms with Crippen molar-refractivity contribution in [2.24, 2.45) is 7.05 Å². The summed E-state index contributed by atoms with van der Waals surface area (Å²) >= 11 is 0. The second kappa shape index (κ2) is 8.39. The number of rotatable bonds is 6. The lowest BCUT2D eigenvalue weighted by Gasteiger charge is -2.15. The van der Waals surface area contributed by atoms with E-state index in [4.69, 9.17) is 0 Å². The Balaban J connectivity index is 1.77. The van der Waals surface area contributed by atoms with Gasteiger partial charge in [-0.1, -0.05) is 44.2 Å². The average Bonchev–Trinajstić information content (AvgIpc) is 2.92. The Kier molecular flexibility index (Phi) is 5.92. The molecule has 0 aliphatic rings. The van der Waals surface area contributed by atoms with Crippen molar-refractivity contribution in [3.8, 4) is 5.69 Å². The number of carbonyl (C=O) groups is 1. The van der Waals surface area contributed by atoms with Crippen LogP contribution in [0.1, 0.15) is 37.9 Å². The van der Waals surface area contributed by atoms with Gasteiger partial charge in [0, 0.05) is 12.7 Å². The number of hydrogen-bond donors (Lipinski definition) is 2. The first kappa shape index (κ1) is 20.5. The van der Waals surface area contributed by atoms with Gasteiger partial charge >= 0.3 is 0 Å². The number of hydrogen-bond acceptors (Lipinski definition) is 3. The molecule has 6 nitrogen and oxygen atoms in total. The summed E-state index contributed by atoms with van der Waals surface area (Å²) in [7, 11) is 1.80. The van der Waals surface area contributed by atoms with Gasteiger partial charge in [-0.2, -0.15) is 0 Å². The van der Waals surface area contributed by atoms with Crippen molar-refractivity contribution in [2.75, 3.05) is 10.6 Å². The van der Waals surface area contributed by atoms with E-state index in [2.05, 4.69) is 36.6 Å². The number of para-hydroxylation sites is 1. The lowest BCUT2D eigenvalue weighted by Crippen LogP contribution is -2.33. The summed E-state index contributed by atoms with van der Waals surface area (Å²) in [5, 5.41) is 6.00. The molecule has 3 aromatic rings. The fourth-order valence-corrected chi connectivity index (χ4v) is 3.22. The van der Waals surface area contributed by atoms with E-state index in [-0.39, 0.29) is 11.5 Å². The molecule has 0 aliphatic heterocycles. The van der Waals surface area contributed by atoms with Crippen LogP contribution in [0, 0.1) is 6.92 Å². The maximum Gasteiger partial charge on any atom is 0.295 e. The Morgan fingerprint density at radius 2 is 1.59 bits per heavy atom. The van der Waals surface area contributed by atoms with Crippen LogP contribution < -0.4 is 16.2 Å². The maximum atomic E-state index is 12.9. The van der Waals surface area contributed by atoms with Gasteiger partial charge in [0.1, 0.15) is 11.7 Å². The lowest BCUT2D eigenvalue weighted by molar-refractivity contribution is -0.116. The highest BCUT2D eigenvalue weighted by atomic mass is 16.2. The van der Waals surface area contributed by atoms with Crippen molar-refractivity contribution in [1.29, 1.82) is 0 Å². The van der Waals surface area contributed by atoms with Gasteiger partial charge in [0.25, 0.3) is 5.56 Å². The normalized spacial score (nSPS) is 12.1. The Hall–Kier alpha value is -3.28. The molecule has 0 aliphatic carbocycles. The molecule has 0 saturated heterocycles. The maximum absolute atomic E-state index is 12.9. The molecule has 1 amide bonds. The molecule has 1 unspecified atom stereocenters. The zero-order chi connectivity index (χ0) is 21.1. The van der Waals surface area contributed by atoms with Crippen molar-refractivity contribution in [2.45, 2.75) is 39.7 Å². The van der Waals surface area contributed by atoms with Crippen LogP contribution in [0.3, 0.4) is 0 Å². The van der Waals surface area contributed by atoms with Gasteiger partial charge in [0.2, 0.25) is 5.91 Å². The molecule has 0 spiro atoms. The minimum absolute atomic E-state index is 0.252. The molecule has 0 saturated carbocycles. The molecule has 29 heavy (non-hydrogen) atoms. The first-order valence-corrected chi connectivity index (χ1v) is 9.81. The number of aromatic nitrogens is 2. The lowest BCUT2D eigenvalue weighted by atomic mass is 10.0. The number of nitrogens with zero attached hydrogens (tertiary/aromatic N) is 2. The van der Waals surface area contributed by atoms with E-state index >= 15 is 0 Å². The van der Waals surface area contributed by atoms with Crippen LogP contribution in [0.2, 0.25) is 0 Å². The molecule has 0 radical (unpaired) electrons. The Morgan fingerprint density at radius 1 is 0.966 bits per heavy atom. The standard InChI is InChI=1S/C23H28N4O2/c1-15(2)18-11-13-19(14-12-18)24-16(3)22(28)25-21-17(4)26(5)27(23(21)29)20-9-7-6-8-10-20/h6-16,24H,1-5H3,(H,25,28). The Labute approximate surface area is 171 Å². The summed E-state index contributed by atoms with van der Waals surface area (Å²) in [4.78, 5) is 25.7. The number of amides is 1. The molecule has 1 heterocycles. The molecular weight excluding hydrogens is 364 g/mol. The fraction of sp³-hybridized carbons (Fsp3) is 0.304. The van der Waals surface area contributed by atoms with Gasteiger partial charge in [0.15, 0.2) is 0 Å². The molecule has 152 valence electrons. The topological polar surface area (TPSA) is 68.1 Å². The van der Waals surface area contributed by atoms with Gasteiger partial charge < -0.3 is 10.6 Å². The second-order valence-electron chi connectivity index (χ2n) is 7.57. The Bertz CT molecular complexity index is 1050. The average molecular weight is 393 g/mol. The first-order valence-electron chi connectivity index (χ1n) is 9.81. The van der Waals surface area contributed by atoms with Crippen molar-refractivity contribution < 1.29 is 4.79 Å². The van der Waals surface area contributed by atoms with E-state index in [1.165, 1.54) is 5.56 Å². The molecule has 1 atom stereocenters. The van der Waals surface area contributed by atoms with E-state index in [1.54, 1.807) is 23.3 Å². The summed E-state index contributed by atoms with van der Waals surface area (Å²) in [6, 6.07) is 16.9. The molecule has 2 N–H and O–H groups in total. The largest absolute Gasteiger partial charge is 0.374 e. The number of benzene rings is 2. The third-order valence-electron chi connectivity index (χ3n) is 5.16. The zero-order valence-corrected chi connectivity index (χ0v) is 17.6. The fourth-order valence-electron chi connectivity index (χ4n) is 3.22. The second-order valence-corrected chi connectivity index (χ2v) is 7.57. The summed E-state index contributed by atoms with van der Waals surface area (Å²) < 4.78 is 3.30. The van der Waals surface area contributed by atoms with E-state index in [9.17, 15) is 9.59 Å². The summed E-state index contributed by atoms with van der Waals surface area (Å²) in [5.41, 5.74) is 3.60. The first-order chi connectivity index (χ1) is 13.8. The van der Waals surface area contributed by atoms with Crippen molar-refractivity contribution in [3.63, 3.8) is 0 Å². The van der Waals surface area contributed by atoms with Crippen LogP contribution in [0.5, 0.6) is 0 Å². The van der Waals surface area contributed by atoms with Crippen LogP contribution in [0.4, 0.5) is 11.4 Å². The molecule has 0 bridgehead atoms. The monoisotopic (exact) mass is 392 g/mol. The third-order valence-corrected chi connectivity index (χ3v) is 5.16. The van der Waals surface area contributed by atoms with Crippen LogP contribution in [0.25, 0.3) is 5.69 Å². The van der Waals surface area contributed by atoms with Gasteiger partial charge in [-0.05, 0) is 49.6 Å². The number of anilines is 2. The Morgan fingerprint density at radius 3 is 2.17 bits per heavy atom. The van der Waals surface area contributed by atoms with Gasteiger partial charge in [-0.15, -0.1) is 0 Å². The SMILES string of the molecule is Cc1c(NC(=O)C(C)Nc2ccc(C(C)C)cc2)c(=O)n(-c2ccccc2)n1C. The predicted molar refractivity (Wildman–Crippen MR) is 118 cm³/mol. The van der Waals surface area contributed by atoms with Crippen molar-refractivity contribution in [1.82, 2.24) is 9.36 Å². The molecule has 2 aromatic carbocycles. The van der Waals surface area contributed by atoms with Gasteiger partial charge in [0.05, 0.1) is 11.4 Å². The molecular formula is C23H28N4O2. The van der Waals surface area contributed by atoms with Crippen LogP contribution in [-0.2, 0) is 11.8 Å². The molecule has 3 rings (SSSR count). The minimum Gasteiger partial charge on any atom is -0.374 e. The minimum atomic E-state index is -0.496. The zero-order valence-electron chi connectivity index (χ0n) is 17.6. The predicted octanol–water partition coefficient (Wildman–Crippen LogP) is 4.05. The highest BCUT2D eigenvalue weighted by Gasteiger charge is 2.20. The van der Waals surface area contributed by atoms with E-state index < -0.39 is 6.04 Å². The number of nitrogens with one attached hydrogen (secondary N) is 2. The van der Waals surface area contributed by atoms with E-state index in [1.807, 2.05) is 49.4 Å². The molecule has 0 fully saturated rings.